The maximum atomic E-state index is 14.4. The fraction of sp³-hybridized carbons (Fsp3) is 0.167. The summed E-state index contributed by atoms with van der Waals surface area (Å²) in [4.78, 5) is 0. The Labute approximate surface area is 155 Å². The molecule has 4 rings (SSSR count). The van der Waals surface area contributed by atoms with Crippen molar-refractivity contribution in [1.82, 2.24) is 0 Å². The Balaban J connectivity index is 1.76. The van der Waals surface area contributed by atoms with Crippen molar-refractivity contribution in [3.63, 3.8) is 0 Å². The third-order valence-electron chi connectivity index (χ3n) is 5.36. The van der Waals surface area contributed by atoms with Gasteiger partial charge in [-0.1, -0.05) is 97.1 Å². The fourth-order valence-corrected chi connectivity index (χ4v) is 7.70. The van der Waals surface area contributed by atoms with Gasteiger partial charge in [-0.3, -0.25) is 0 Å². The standard InChI is InChI=1S/C24H23OP/c25-26(19-18-20-10-4-1-5-11-20)23(21-12-6-2-7-13-21)16-17-24(26)22-14-8-3-9-15-22/h1-15,18-19,23-24H,16-17H2/b19-18+/t23-,24-/m1/s1. The number of rotatable bonds is 4. The maximum Gasteiger partial charge on any atom is 0.123 e. The van der Waals surface area contributed by atoms with Crippen molar-refractivity contribution >= 4 is 13.2 Å². The van der Waals surface area contributed by atoms with Gasteiger partial charge in [0.15, 0.2) is 0 Å². The lowest BCUT2D eigenvalue weighted by molar-refractivity contribution is 0.573. The van der Waals surface area contributed by atoms with E-state index in [9.17, 15) is 4.57 Å². The first-order valence-electron chi connectivity index (χ1n) is 9.21. The van der Waals surface area contributed by atoms with Gasteiger partial charge in [-0.2, -0.15) is 0 Å². The maximum absolute atomic E-state index is 14.4. The van der Waals surface area contributed by atoms with Gasteiger partial charge in [0.2, 0.25) is 0 Å². The molecule has 26 heavy (non-hydrogen) atoms. The van der Waals surface area contributed by atoms with E-state index in [1.165, 1.54) is 11.1 Å². The Morgan fingerprint density at radius 3 is 1.54 bits per heavy atom. The molecule has 1 heterocycles. The number of hydrogen-bond donors (Lipinski definition) is 0. The summed E-state index contributed by atoms with van der Waals surface area (Å²) < 4.78 is 14.4. The van der Waals surface area contributed by atoms with Crippen LogP contribution in [0.15, 0.2) is 96.8 Å². The normalized spacial score (nSPS) is 21.8. The van der Waals surface area contributed by atoms with Crippen molar-refractivity contribution in [1.29, 1.82) is 0 Å². The molecule has 0 amide bonds. The van der Waals surface area contributed by atoms with E-state index in [0.717, 1.165) is 18.4 Å². The molecule has 2 heteroatoms. The van der Waals surface area contributed by atoms with E-state index >= 15 is 0 Å². The Bertz CT molecular complexity index is 865. The van der Waals surface area contributed by atoms with Gasteiger partial charge in [0.1, 0.15) is 7.14 Å². The molecule has 0 spiro atoms. The molecule has 1 aliphatic rings. The molecular formula is C24H23OP. The van der Waals surface area contributed by atoms with Crippen LogP contribution in [0.2, 0.25) is 0 Å². The molecule has 0 saturated carbocycles. The lowest BCUT2D eigenvalue weighted by atomic mass is 10.0. The van der Waals surface area contributed by atoms with Crippen molar-refractivity contribution < 1.29 is 4.57 Å². The van der Waals surface area contributed by atoms with Crippen molar-refractivity contribution in [2.75, 3.05) is 0 Å². The van der Waals surface area contributed by atoms with E-state index in [1.807, 2.05) is 36.1 Å². The topological polar surface area (TPSA) is 17.1 Å². The van der Waals surface area contributed by atoms with Crippen LogP contribution >= 0.6 is 7.14 Å². The highest BCUT2D eigenvalue weighted by atomic mass is 31.2. The van der Waals surface area contributed by atoms with Crippen LogP contribution in [0.1, 0.15) is 40.8 Å². The molecule has 3 aromatic rings. The molecule has 0 N–H and O–H groups in total. The van der Waals surface area contributed by atoms with Crippen LogP contribution in [0.3, 0.4) is 0 Å². The van der Waals surface area contributed by atoms with Gasteiger partial charge in [0.25, 0.3) is 0 Å². The molecule has 3 aromatic carbocycles. The average Bonchev–Trinajstić information content (AvgIpc) is 3.06. The zero-order chi connectivity index (χ0) is 17.8. The molecule has 130 valence electrons. The lowest BCUT2D eigenvalue weighted by Gasteiger charge is -2.24. The van der Waals surface area contributed by atoms with Gasteiger partial charge < -0.3 is 4.57 Å². The highest BCUT2D eigenvalue weighted by Gasteiger charge is 2.45. The van der Waals surface area contributed by atoms with Crippen LogP contribution in [0.25, 0.3) is 6.08 Å². The minimum Gasteiger partial charge on any atom is -0.318 e. The predicted octanol–water partition coefficient (Wildman–Crippen LogP) is 7.30. The van der Waals surface area contributed by atoms with Crippen molar-refractivity contribution in [3.8, 4) is 0 Å². The summed E-state index contributed by atoms with van der Waals surface area (Å²) in [6, 6.07) is 30.9. The smallest absolute Gasteiger partial charge is 0.123 e. The summed E-state index contributed by atoms with van der Waals surface area (Å²) in [5.41, 5.74) is 3.72. The summed E-state index contributed by atoms with van der Waals surface area (Å²) in [5, 5.41) is 0. The van der Waals surface area contributed by atoms with Gasteiger partial charge in [-0.25, -0.2) is 0 Å². The van der Waals surface area contributed by atoms with Gasteiger partial charge in [0, 0.05) is 11.3 Å². The molecule has 1 aliphatic heterocycles. The summed E-state index contributed by atoms with van der Waals surface area (Å²) >= 11 is 0. The molecule has 0 aliphatic carbocycles. The largest absolute Gasteiger partial charge is 0.318 e. The molecular weight excluding hydrogens is 335 g/mol. The first-order valence-corrected chi connectivity index (χ1v) is 11.1. The van der Waals surface area contributed by atoms with Crippen LogP contribution in [-0.2, 0) is 4.57 Å². The van der Waals surface area contributed by atoms with E-state index < -0.39 is 7.14 Å². The van der Waals surface area contributed by atoms with Crippen molar-refractivity contribution in [2.45, 2.75) is 24.2 Å². The second-order valence-electron chi connectivity index (χ2n) is 6.92. The van der Waals surface area contributed by atoms with Crippen LogP contribution in [0.5, 0.6) is 0 Å². The zero-order valence-corrected chi connectivity index (χ0v) is 15.6. The third kappa shape index (κ3) is 3.32. The Morgan fingerprint density at radius 1 is 0.654 bits per heavy atom. The van der Waals surface area contributed by atoms with E-state index in [1.54, 1.807) is 0 Å². The van der Waals surface area contributed by atoms with Gasteiger partial charge in [-0.05, 0) is 35.3 Å². The molecule has 1 saturated heterocycles. The SMILES string of the molecule is O=P1(/C=C/c2ccccc2)[C@@H](c2ccccc2)CC[C@@H]1c1ccccc1. The number of hydrogen-bond acceptors (Lipinski definition) is 1. The average molecular weight is 358 g/mol. The molecule has 2 atom stereocenters. The molecule has 1 nitrogen and oxygen atoms in total. The second-order valence-corrected chi connectivity index (χ2v) is 9.99. The molecule has 1 fully saturated rings. The summed E-state index contributed by atoms with van der Waals surface area (Å²) in [5.74, 6) is 2.03. The van der Waals surface area contributed by atoms with Gasteiger partial charge in [0.05, 0.1) is 0 Å². The minimum atomic E-state index is -2.58. The second kappa shape index (κ2) is 7.48. The fourth-order valence-electron chi connectivity index (χ4n) is 4.06. The molecule has 0 unspecified atom stereocenters. The van der Waals surface area contributed by atoms with Gasteiger partial charge in [-0.15, -0.1) is 0 Å². The highest BCUT2D eigenvalue weighted by molar-refractivity contribution is 7.68. The Morgan fingerprint density at radius 2 is 1.08 bits per heavy atom. The van der Waals surface area contributed by atoms with Crippen molar-refractivity contribution in [2.24, 2.45) is 0 Å². The predicted molar refractivity (Wildman–Crippen MR) is 111 cm³/mol. The van der Waals surface area contributed by atoms with Crippen molar-refractivity contribution in [3.05, 3.63) is 114 Å². The van der Waals surface area contributed by atoms with Crippen LogP contribution in [0, 0.1) is 0 Å². The first-order chi connectivity index (χ1) is 12.8. The van der Waals surface area contributed by atoms with Crippen LogP contribution < -0.4 is 0 Å². The van der Waals surface area contributed by atoms with Crippen LogP contribution in [0.4, 0.5) is 0 Å². The minimum absolute atomic E-state index is 0.105. The summed E-state index contributed by atoms with van der Waals surface area (Å²) in [7, 11) is -2.58. The monoisotopic (exact) mass is 358 g/mol. The molecule has 0 bridgehead atoms. The zero-order valence-electron chi connectivity index (χ0n) is 14.7. The third-order valence-corrected chi connectivity index (χ3v) is 9.03. The molecule has 0 aromatic heterocycles. The Hall–Kier alpha value is -2.37. The quantitative estimate of drug-likeness (QED) is 0.447. The first kappa shape index (κ1) is 17.1. The van der Waals surface area contributed by atoms with Gasteiger partial charge >= 0.3 is 0 Å². The van der Waals surface area contributed by atoms with E-state index in [-0.39, 0.29) is 11.3 Å². The van der Waals surface area contributed by atoms with Crippen LogP contribution in [-0.4, -0.2) is 0 Å². The Kier molecular flexibility index (Phi) is 4.91. The van der Waals surface area contributed by atoms with E-state index in [0.29, 0.717) is 0 Å². The van der Waals surface area contributed by atoms with E-state index in [2.05, 4.69) is 66.7 Å². The lowest BCUT2D eigenvalue weighted by Crippen LogP contribution is -1.97. The summed E-state index contributed by atoms with van der Waals surface area (Å²) in [6.45, 7) is 0. The summed E-state index contributed by atoms with van der Waals surface area (Å²) in [6.07, 6.45) is 4.00. The highest BCUT2D eigenvalue weighted by Crippen LogP contribution is 2.77. The molecule has 0 radical (unpaired) electrons. The van der Waals surface area contributed by atoms with E-state index in [4.69, 9.17) is 0 Å². The number of benzene rings is 3.